The van der Waals surface area contributed by atoms with Gasteiger partial charge in [-0.3, -0.25) is 0 Å². The van der Waals surface area contributed by atoms with E-state index in [0.29, 0.717) is 30.8 Å². The zero-order chi connectivity index (χ0) is 13.8. The van der Waals surface area contributed by atoms with Gasteiger partial charge in [0.2, 0.25) is 5.89 Å². The summed E-state index contributed by atoms with van der Waals surface area (Å²) in [5.74, 6) is 1.64. The van der Waals surface area contributed by atoms with E-state index in [1.54, 1.807) is 4.90 Å². The van der Waals surface area contributed by atoms with Crippen LogP contribution < -0.4 is 5.73 Å². The fraction of sp³-hybridized carbons (Fsp3) is 0.750. The molecule has 19 heavy (non-hydrogen) atoms. The monoisotopic (exact) mass is 266 g/mol. The summed E-state index contributed by atoms with van der Waals surface area (Å²) < 4.78 is 10.6. The molecular weight excluding hydrogens is 248 g/mol. The molecule has 104 valence electrons. The van der Waals surface area contributed by atoms with Crippen LogP contribution in [0.2, 0.25) is 0 Å². The van der Waals surface area contributed by atoms with Crippen molar-refractivity contribution >= 4 is 12.1 Å². The van der Waals surface area contributed by atoms with Gasteiger partial charge in [-0.05, 0) is 32.6 Å². The third-order valence-corrected chi connectivity index (χ3v) is 3.59. The molecule has 1 saturated heterocycles. The fourth-order valence-corrected chi connectivity index (χ4v) is 2.75. The van der Waals surface area contributed by atoms with Crippen LogP contribution in [0.3, 0.4) is 0 Å². The molecular formula is C12H18N4O3. The highest BCUT2D eigenvalue weighted by Crippen LogP contribution is 2.57. The molecule has 2 heterocycles. The Bertz CT molecular complexity index is 495. The summed E-state index contributed by atoms with van der Waals surface area (Å²) in [5, 5.41) is 7.58. The van der Waals surface area contributed by atoms with Gasteiger partial charge >= 0.3 is 12.1 Å². The zero-order valence-electron chi connectivity index (χ0n) is 11.3. The molecule has 1 aromatic rings. The van der Waals surface area contributed by atoms with Gasteiger partial charge < -0.3 is 19.8 Å². The number of nitrogens with zero attached hydrogens (tertiary/aromatic N) is 3. The highest BCUT2D eigenvalue weighted by Gasteiger charge is 2.60. The van der Waals surface area contributed by atoms with Gasteiger partial charge in [0.15, 0.2) is 0 Å². The predicted molar refractivity (Wildman–Crippen MR) is 66.2 cm³/mol. The molecule has 1 aromatic heterocycles. The largest absolute Gasteiger partial charge is 0.444 e. The number of nitrogen functional groups attached to an aromatic ring is 1. The summed E-state index contributed by atoms with van der Waals surface area (Å²) in [6.07, 6.45) is -0.247. The van der Waals surface area contributed by atoms with Crippen LogP contribution in [0.4, 0.5) is 10.8 Å². The van der Waals surface area contributed by atoms with E-state index in [9.17, 15) is 4.79 Å². The molecule has 1 saturated carbocycles. The Kier molecular flexibility index (Phi) is 2.48. The molecule has 2 aliphatic rings. The Labute approximate surface area is 111 Å². The van der Waals surface area contributed by atoms with Crippen LogP contribution in [0.25, 0.3) is 0 Å². The molecule has 0 spiro atoms. The number of piperidine rings is 1. The second-order valence-corrected chi connectivity index (χ2v) is 6.22. The van der Waals surface area contributed by atoms with Crippen molar-refractivity contribution in [3.05, 3.63) is 5.89 Å². The number of hydrogen-bond donors (Lipinski definition) is 1. The van der Waals surface area contributed by atoms with Crippen LogP contribution in [-0.2, 0) is 4.74 Å². The number of carbonyl (C=O) groups excluding carboxylic acids is 1. The van der Waals surface area contributed by atoms with Crippen molar-refractivity contribution in [2.45, 2.75) is 32.3 Å². The van der Waals surface area contributed by atoms with Crippen LogP contribution in [0.15, 0.2) is 4.42 Å². The second-order valence-electron chi connectivity index (χ2n) is 6.22. The summed E-state index contributed by atoms with van der Waals surface area (Å²) in [7, 11) is 0. The Hall–Kier alpha value is -1.79. The SMILES string of the molecule is CC(C)(C)OC(=O)N1C[C@@H]2[C@H](C1)[C@H]2c1nnc(N)o1. The number of hydrogen-bond acceptors (Lipinski definition) is 6. The smallest absolute Gasteiger partial charge is 0.410 e. The molecule has 0 aromatic carbocycles. The van der Waals surface area contributed by atoms with Gasteiger partial charge in [0.25, 0.3) is 0 Å². The number of likely N-dealkylation sites (tertiary alicyclic amines) is 1. The molecule has 3 atom stereocenters. The van der Waals surface area contributed by atoms with Crippen molar-refractivity contribution < 1.29 is 13.9 Å². The van der Waals surface area contributed by atoms with Crippen molar-refractivity contribution in [1.29, 1.82) is 0 Å². The quantitative estimate of drug-likeness (QED) is 0.821. The average Bonchev–Trinajstić information content (AvgIpc) is 2.67. The fourth-order valence-electron chi connectivity index (χ4n) is 2.75. The maximum Gasteiger partial charge on any atom is 0.410 e. The molecule has 2 N–H and O–H groups in total. The van der Waals surface area contributed by atoms with E-state index in [4.69, 9.17) is 14.9 Å². The molecule has 1 amide bonds. The molecule has 7 heteroatoms. The molecule has 3 rings (SSSR count). The number of anilines is 1. The first-order valence-corrected chi connectivity index (χ1v) is 6.42. The van der Waals surface area contributed by atoms with E-state index in [1.807, 2.05) is 20.8 Å². The Morgan fingerprint density at radius 2 is 2.00 bits per heavy atom. The molecule has 2 fully saturated rings. The van der Waals surface area contributed by atoms with Crippen molar-refractivity contribution in [3.63, 3.8) is 0 Å². The van der Waals surface area contributed by atoms with E-state index >= 15 is 0 Å². The van der Waals surface area contributed by atoms with Crippen molar-refractivity contribution in [3.8, 4) is 0 Å². The summed E-state index contributed by atoms with van der Waals surface area (Å²) in [6.45, 7) is 6.97. The topological polar surface area (TPSA) is 94.5 Å². The minimum Gasteiger partial charge on any atom is -0.444 e. The summed E-state index contributed by atoms with van der Waals surface area (Å²) in [5.41, 5.74) is 4.96. The van der Waals surface area contributed by atoms with Crippen molar-refractivity contribution in [1.82, 2.24) is 15.1 Å². The number of ether oxygens (including phenoxy) is 1. The van der Waals surface area contributed by atoms with Gasteiger partial charge in [-0.1, -0.05) is 5.10 Å². The Balaban J connectivity index is 1.57. The summed E-state index contributed by atoms with van der Waals surface area (Å²) in [4.78, 5) is 13.7. The van der Waals surface area contributed by atoms with Gasteiger partial charge in [-0.15, -0.1) is 5.10 Å². The second kappa shape index (κ2) is 3.85. The van der Waals surface area contributed by atoms with Gasteiger partial charge in [0.05, 0.1) is 0 Å². The van der Waals surface area contributed by atoms with E-state index in [-0.39, 0.29) is 18.0 Å². The highest BCUT2D eigenvalue weighted by molar-refractivity contribution is 5.69. The van der Waals surface area contributed by atoms with Crippen LogP contribution in [0.5, 0.6) is 0 Å². The lowest BCUT2D eigenvalue weighted by molar-refractivity contribution is 0.0269. The molecule has 0 bridgehead atoms. The number of fused-ring (bicyclic) bond motifs is 1. The van der Waals surface area contributed by atoms with Crippen LogP contribution in [0, 0.1) is 11.8 Å². The first-order valence-electron chi connectivity index (χ1n) is 6.42. The summed E-state index contributed by atoms with van der Waals surface area (Å²) in [6, 6.07) is 0.101. The minimum absolute atomic E-state index is 0.101. The molecule has 1 aliphatic heterocycles. The molecule has 7 nitrogen and oxygen atoms in total. The summed E-state index contributed by atoms with van der Waals surface area (Å²) >= 11 is 0. The van der Waals surface area contributed by atoms with E-state index in [2.05, 4.69) is 10.2 Å². The van der Waals surface area contributed by atoms with Crippen molar-refractivity contribution in [2.24, 2.45) is 11.8 Å². The lowest BCUT2D eigenvalue weighted by Gasteiger charge is -2.25. The number of amides is 1. The third-order valence-electron chi connectivity index (χ3n) is 3.59. The maximum absolute atomic E-state index is 11.9. The van der Waals surface area contributed by atoms with E-state index < -0.39 is 5.60 Å². The maximum atomic E-state index is 11.9. The van der Waals surface area contributed by atoms with Gasteiger partial charge in [-0.25, -0.2) is 4.79 Å². The van der Waals surface area contributed by atoms with Crippen LogP contribution >= 0.6 is 0 Å². The highest BCUT2D eigenvalue weighted by atomic mass is 16.6. The molecule has 1 aliphatic carbocycles. The molecule has 0 unspecified atom stereocenters. The van der Waals surface area contributed by atoms with Gasteiger partial charge in [0, 0.05) is 19.0 Å². The normalized spacial score (nSPS) is 29.2. The average molecular weight is 266 g/mol. The number of carbonyl (C=O) groups is 1. The van der Waals surface area contributed by atoms with Crippen LogP contribution in [-0.4, -0.2) is 39.9 Å². The van der Waals surface area contributed by atoms with Gasteiger partial charge in [-0.2, -0.15) is 0 Å². The van der Waals surface area contributed by atoms with E-state index in [1.165, 1.54) is 0 Å². The first kappa shape index (κ1) is 12.3. The number of aromatic nitrogens is 2. The third kappa shape index (κ3) is 2.24. The lowest BCUT2D eigenvalue weighted by atomic mass is 10.2. The Morgan fingerprint density at radius 1 is 1.37 bits per heavy atom. The zero-order valence-corrected chi connectivity index (χ0v) is 11.3. The number of rotatable bonds is 1. The number of nitrogens with two attached hydrogens (primary N) is 1. The Morgan fingerprint density at radius 3 is 2.47 bits per heavy atom. The van der Waals surface area contributed by atoms with E-state index in [0.717, 1.165) is 0 Å². The molecule has 0 radical (unpaired) electrons. The first-order chi connectivity index (χ1) is 8.85. The minimum atomic E-state index is -0.454. The standard InChI is InChI=1S/C12H18N4O3/c1-12(2,3)19-11(17)16-4-6-7(5-16)8(6)9-14-15-10(13)18-9/h6-8H,4-5H2,1-3H3,(H2,13,15)/t6-,7+,8+. The lowest BCUT2D eigenvalue weighted by Crippen LogP contribution is -2.36. The predicted octanol–water partition coefficient (Wildman–Crippen LogP) is 1.23. The van der Waals surface area contributed by atoms with Gasteiger partial charge in [0.1, 0.15) is 5.60 Å². The van der Waals surface area contributed by atoms with Crippen LogP contribution in [0.1, 0.15) is 32.6 Å². The van der Waals surface area contributed by atoms with Crippen molar-refractivity contribution in [2.75, 3.05) is 18.8 Å².